The third-order valence-electron chi connectivity index (χ3n) is 8.83. The SMILES string of the molecule is O=C(N[C@@H](CSCc1ccccc1)c1nnc(SC[C@@H](NC(=O)OCC2c3ccccc3-c3ccccc32)c2ccccc2)o1)OCc1ccccc1. The van der Waals surface area contributed by atoms with E-state index in [4.69, 9.17) is 13.9 Å². The number of benzene rings is 5. The highest BCUT2D eigenvalue weighted by Gasteiger charge is 2.30. The number of ether oxygens (including phenoxy) is 2. The van der Waals surface area contributed by atoms with E-state index in [1.165, 1.54) is 28.5 Å². The third kappa shape index (κ3) is 9.48. The molecule has 2 atom stereocenters. The second-order valence-corrected chi connectivity index (χ2v) is 14.4. The van der Waals surface area contributed by atoms with E-state index < -0.39 is 24.3 Å². The molecule has 0 aliphatic heterocycles. The Hall–Kier alpha value is -5.52. The molecular weight excluding hydrogens is 705 g/mol. The molecule has 1 aromatic heterocycles. The van der Waals surface area contributed by atoms with Crippen LogP contribution < -0.4 is 10.6 Å². The monoisotopic (exact) mass is 742 g/mol. The van der Waals surface area contributed by atoms with Crippen molar-refractivity contribution in [2.45, 2.75) is 35.6 Å². The number of thioether (sulfide) groups is 2. The van der Waals surface area contributed by atoms with E-state index in [-0.39, 0.29) is 25.0 Å². The van der Waals surface area contributed by atoms with Gasteiger partial charge in [0, 0.05) is 23.2 Å². The van der Waals surface area contributed by atoms with Gasteiger partial charge in [-0.15, -0.1) is 10.2 Å². The fourth-order valence-electron chi connectivity index (χ4n) is 6.21. The van der Waals surface area contributed by atoms with E-state index >= 15 is 0 Å². The lowest BCUT2D eigenvalue weighted by molar-refractivity contribution is 0.134. The number of carbonyl (C=O) groups is 2. The lowest BCUT2D eigenvalue weighted by Gasteiger charge is -2.20. The maximum Gasteiger partial charge on any atom is 0.408 e. The summed E-state index contributed by atoms with van der Waals surface area (Å²) in [6, 6.07) is 44.8. The molecule has 1 heterocycles. The standard InChI is InChI=1S/C42H38N4O5S2/c47-40(50-25-36-34-22-12-10-20-32(34)33-21-11-13-23-35(33)36)43-37(31-18-8-3-9-19-31)28-53-42-46-45-39(51-42)38(27-52-26-30-16-6-2-7-17-30)44-41(48)49-24-29-14-4-1-5-15-29/h1-23,36-38H,24-28H2,(H,43,47)(H,44,48)/t37-,38+/m1/s1. The number of nitrogens with zero attached hydrogens (tertiary/aromatic N) is 2. The van der Waals surface area contributed by atoms with Crippen molar-refractivity contribution in [2.75, 3.05) is 18.1 Å². The molecular formula is C42H38N4O5S2. The van der Waals surface area contributed by atoms with Gasteiger partial charge in [0.25, 0.3) is 5.22 Å². The maximum absolute atomic E-state index is 13.3. The number of fused-ring (bicyclic) bond motifs is 3. The van der Waals surface area contributed by atoms with Crippen LogP contribution in [0, 0.1) is 0 Å². The zero-order valence-corrected chi connectivity index (χ0v) is 30.4. The first-order valence-electron chi connectivity index (χ1n) is 17.3. The summed E-state index contributed by atoms with van der Waals surface area (Å²) in [7, 11) is 0. The number of rotatable bonds is 15. The van der Waals surface area contributed by atoms with Gasteiger partial charge in [0.05, 0.1) is 6.04 Å². The van der Waals surface area contributed by atoms with Crippen molar-refractivity contribution in [1.29, 1.82) is 0 Å². The number of alkyl carbamates (subject to hydrolysis) is 2. The van der Waals surface area contributed by atoms with Crippen molar-refractivity contribution in [3.05, 3.63) is 173 Å². The lowest BCUT2D eigenvalue weighted by Crippen LogP contribution is -2.31. The molecule has 1 aliphatic rings. The molecule has 1 aliphatic carbocycles. The Bertz CT molecular complexity index is 2050. The van der Waals surface area contributed by atoms with Crippen LogP contribution >= 0.6 is 23.5 Å². The van der Waals surface area contributed by atoms with Crippen LogP contribution in [-0.2, 0) is 21.8 Å². The number of hydrogen-bond donors (Lipinski definition) is 2. The van der Waals surface area contributed by atoms with E-state index in [2.05, 4.69) is 57.2 Å². The number of hydrogen-bond acceptors (Lipinski definition) is 9. The minimum atomic E-state index is -0.585. The van der Waals surface area contributed by atoms with Crippen LogP contribution in [0.1, 0.15) is 51.7 Å². The molecule has 0 radical (unpaired) electrons. The fourth-order valence-corrected chi connectivity index (χ4v) is 8.05. The number of carbonyl (C=O) groups excluding carboxylic acids is 2. The first-order chi connectivity index (χ1) is 26.1. The van der Waals surface area contributed by atoms with Gasteiger partial charge >= 0.3 is 12.2 Å². The van der Waals surface area contributed by atoms with Gasteiger partial charge in [0.1, 0.15) is 19.3 Å². The lowest BCUT2D eigenvalue weighted by atomic mass is 9.98. The Labute approximate surface area is 316 Å². The topological polar surface area (TPSA) is 116 Å². The van der Waals surface area contributed by atoms with Crippen LogP contribution in [0.15, 0.2) is 149 Å². The average Bonchev–Trinajstić information content (AvgIpc) is 3.81. The van der Waals surface area contributed by atoms with Crippen LogP contribution in [0.5, 0.6) is 0 Å². The predicted octanol–water partition coefficient (Wildman–Crippen LogP) is 9.34. The summed E-state index contributed by atoms with van der Waals surface area (Å²) in [5.41, 5.74) is 7.61. The Morgan fingerprint density at radius 2 is 1.21 bits per heavy atom. The normalized spacial score (nSPS) is 13.0. The summed E-state index contributed by atoms with van der Waals surface area (Å²) >= 11 is 2.95. The van der Waals surface area contributed by atoms with Gasteiger partial charge in [-0.3, -0.25) is 0 Å². The molecule has 6 aromatic rings. The molecule has 0 bridgehead atoms. The Morgan fingerprint density at radius 1 is 0.642 bits per heavy atom. The highest BCUT2D eigenvalue weighted by molar-refractivity contribution is 7.99. The summed E-state index contributed by atoms with van der Waals surface area (Å²) in [6.45, 7) is 0.352. The van der Waals surface area contributed by atoms with Crippen molar-refractivity contribution in [1.82, 2.24) is 20.8 Å². The van der Waals surface area contributed by atoms with Crippen molar-refractivity contribution in [2.24, 2.45) is 0 Å². The highest BCUT2D eigenvalue weighted by atomic mass is 32.2. The zero-order chi connectivity index (χ0) is 36.2. The van der Waals surface area contributed by atoms with Gasteiger partial charge in [-0.05, 0) is 38.9 Å². The Kier molecular flexibility index (Phi) is 12.0. The molecule has 0 unspecified atom stereocenters. The average molecular weight is 743 g/mol. The van der Waals surface area contributed by atoms with Crippen LogP contribution in [0.4, 0.5) is 9.59 Å². The quantitative estimate of drug-likeness (QED) is 0.0994. The Morgan fingerprint density at radius 3 is 1.89 bits per heavy atom. The summed E-state index contributed by atoms with van der Waals surface area (Å²) in [6.07, 6.45) is -1.09. The van der Waals surface area contributed by atoms with Gasteiger partial charge in [-0.1, -0.05) is 151 Å². The third-order valence-corrected chi connectivity index (χ3v) is 10.9. The molecule has 53 heavy (non-hydrogen) atoms. The molecule has 0 saturated heterocycles. The molecule has 5 aromatic carbocycles. The fraction of sp³-hybridized carbons (Fsp3) is 0.190. The number of amides is 2. The van der Waals surface area contributed by atoms with Crippen molar-refractivity contribution in [3.63, 3.8) is 0 Å². The largest absolute Gasteiger partial charge is 0.449 e. The van der Waals surface area contributed by atoms with E-state index in [0.29, 0.717) is 16.7 Å². The molecule has 2 amide bonds. The van der Waals surface area contributed by atoms with Crippen molar-refractivity contribution < 1.29 is 23.5 Å². The smallest absolute Gasteiger partial charge is 0.408 e. The van der Waals surface area contributed by atoms with Gasteiger partial charge in [-0.25, -0.2) is 9.59 Å². The predicted molar refractivity (Wildman–Crippen MR) is 208 cm³/mol. The van der Waals surface area contributed by atoms with E-state index in [9.17, 15) is 9.59 Å². The zero-order valence-electron chi connectivity index (χ0n) is 28.8. The first-order valence-corrected chi connectivity index (χ1v) is 19.5. The molecule has 0 fully saturated rings. The van der Waals surface area contributed by atoms with Crippen molar-refractivity contribution in [3.8, 4) is 11.1 Å². The highest BCUT2D eigenvalue weighted by Crippen LogP contribution is 2.44. The molecule has 7 rings (SSSR count). The van der Waals surface area contributed by atoms with Crippen LogP contribution in [0.25, 0.3) is 11.1 Å². The van der Waals surface area contributed by atoms with Gasteiger partial charge < -0.3 is 24.5 Å². The molecule has 2 N–H and O–H groups in total. The number of nitrogens with one attached hydrogen (secondary N) is 2. The van der Waals surface area contributed by atoms with Crippen LogP contribution in [-0.4, -0.2) is 40.5 Å². The molecule has 268 valence electrons. The summed E-state index contributed by atoms with van der Waals surface area (Å²) in [4.78, 5) is 26.2. The minimum Gasteiger partial charge on any atom is -0.449 e. The van der Waals surface area contributed by atoms with Gasteiger partial charge in [-0.2, -0.15) is 11.8 Å². The second-order valence-electron chi connectivity index (χ2n) is 12.4. The first kappa shape index (κ1) is 35.9. The van der Waals surface area contributed by atoms with Crippen LogP contribution in [0.3, 0.4) is 0 Å². The molecule has 0 spiro atoms. The Balaban J connectivity index is 0.989. The molecule has 11 heteroatoms. The van der Waals surface area contributed by atoms with Gasteiger partial charge in [0.2, 0.25) is 5.89 Å². The van der Waals surface area contributed by atoms with E-state index in [0.717, 1.165) is 28.0 Å². The minimum absolute atomic E-state index is 0.0439. The van der Waals surface area contributed by atoms with E-state index in [1.807, 2.05) is 103 Å². The number of aromatic nitrogens is 2. The summed E-state index contributed by atoms with van der Waals surface area (Å²) < 4.78 is 17.5. The summed E-state index contributed by atoms with van der Waals surface area (Å²) in [5, 5.41) is 14.9. The maximum atomic E-state index is 13.3. The molecule has 0 saturated carbocycles. The second kappa shape index (κ2) is 17.8. The van der Waals surface area contributed by atoms with E-state index in [1.54, 1.807) is 11.8 Å². The van der Waals surface area contributed by atoms with Crippen molar-refractivity contribution >= 4 is 35.7 Å². The summed E-state index contributed by atoms with van der Waals surface area (Å²) in [5.74, 6) is 1.85. The molecule has 9 nitrogen and oxygen atoms in total. The van der Waals surface area contributed by atoms with Crippen LogP contribution in [0.2, 0.25) is 0 Å². The van der Waals surface area contributed by atoms with Gasteiger partial charge in [0.15, 0.2) is 0 Å².